The molecule has 0 aliphatic rings. The van der Waals surface area contributed by atoms with Crippen molar-refractivity contribution in [3.63, 3.8) is 0 Å². The van der Waals surface area contributed by atoms with E-state index in [1.807, 2.05) is 6.07 Å². The number of carbonyl (C=O) groups excluding carboxylic acids is 3. The standard InChI is InChI=1S/C18H20N2O5/c1-10-14(17(22)24-4)11(2)19-15(10)18(23)25-12(3)16(21)20-13-8-6-5-7-9-13/h5-9,12,19H,1-4H3,(H,20,21). The van der Waals surface area contributed by atoms with E-state index in [4.69, 9.17) is 9.47 Å². The maximum Gasteiger partial charge on any atom is 0.355 e. The number of hydrogen-bond donors (Lipinski definition) is 2. The molecule has 2 aromatic rings. The fourth-order valence-corrected chi connectivity index (χ4v) is 2.40. The molecule has 25 heavy (non-hydrogen) atoms. The second-order valence-corrected chi connectivity index (χ2v) is 5.52. The molecule has 1 aromatic carbocycles. The van der Waals surface area contributed by atoms with Gasteiger partial charge in [0, 0.05) is 11.4 Å². The van der Waals surface area contributed by atoms with Crippen LogP contribution in [0.25, 0.3) is 0 Å². The number of methoxy groups -OCH3 is 1. The van der Waals surface area contributed by atoms with Crippen molar-refractivity contribution in [3.05, 3.63) is 52.8 Å². The molecule has 7 heteroatoms. The molecule has 0 aliphatic heterocycles. The van der Waals surface area contributed by atoms with Crippen molar-refractivity contribution >= 4 is 23.5 Å². The number of H-pyrrole nitrogens is 1. The Kier molecular flexibility index (Phi) is 5.59. The highest BCUT2D eigenvalue weighted by Crippen LogP contribution is 2.20. The van der Waals surface area contributed by atoms with E-state index in [2.05, 4.69) is 10.3 Å². The summed E-state index contributed by atoms with van der Waals surface area (Å²) in [7, 11) is 1.27. The number of anilines is 1. The molecule has 0 saturated heterocycles. The molecule has 1 heterocycles. The maximum atomic E-state index is 12.3. The Balaban J connectivity index is 2.09. The summed E-state index contributed by atoms with van der Waals surface area (Å²) in [5.41, 5.74) is 1.94. The van der Waals surface area contributed by atoms with Crippen molar-refractivity contribution < 1.29 is 23.9 Å². The van der Waals surface area contributed by atoms with Crippen LogP contribution in [0.2, 0.25) is 0 Å². The molecule has 0 radical (unpaired) electrons. The van der Waals surface area contributed by atoms with Crippen molar-refractivity contribution in [3.8, 4) is 0 Å². The molecule has 1 atom stereocenters. The number of carbonyl (C=O) groups is 3. The zero-order chi connectivity index (χ0) is 18.6. The van der Waals surface area contributed by atoms with Crippen molar-refractivity contribution in [1.29, 1.82) is 0 Å². The summed E-state index contributed by atoms with van der Waals surface area (Å²) in [4.78, 5) is 39.0. The van der Waals surface area contributed by atoms with Gasteiger partial charge < -0.3 is 19.8 Å². The lowest BCUT2D eigenvalue weighted by Gasteiger charge is -2.13. The largest absolute Gasteiger partial charge is 0.465 e. The van der Waals surface area contributed by atoms with E-state index < -0.39 is 23.9 Å². The molecule has 1 unspecified atom stereocenters. The molecule has 2 rings (SSSR count). The van der Waals surface area contributed by atoms with Crippen LogP contribution in [0.1, 0.15) is 39.0 Å². The summed E-state index contributed by atoms with van der Waals surface area (Å²) >= 11 is 0. The number of ether oxygens (including phenoxy) is 2. The van der Waals surface area contributed by atoms with Crippen molar-refractivity contribution in [2.24, 2.45) is 0 Å². The number of rotatable bonds is 5. The van der Waals surface area contributed by atoms with Gasteiger partial charge in [0.15, 0.2) is 6.10 Å². The molecule has 1 amide bonds. The fraction of sp³-hybridized carbons (Fsp3) is 0.278. The quantitative estimate of drug-likeness (QED) is 0.813. The minimum Gasteiger partial charge on any atom is -0.465 e. The topological polar surface area (TPSA) is 97.5 Å². The van der Waals surface area contributed by atoms with Crippen LogP contribution in [0, 0.1) is 13.8 Å². The predicted molar refractivity (Wildman–Crippen MR) is 91.6 cm³/mol. The first-order valence-electron chi connectivity index (χ1n) is 7.69. The zero-order valence-corrected chi connectivity index (χ0v) is 14.5. The van der Waals surface area contributed by atoms with Gasteiger partial charge in [0.05, 0.1) is 12.7 Å². The van der Waals surface area contributed by atoms with Crippen LogP contribution in [0.3, 0.4) is 0 Å². The van der Waals surface area contributed by atoms with E-state index in [0.717, 1.165) is 0 Å². The van der Waals surface area contributed by atoms with Crippen LogP contribution in [-0.4, -0.2) is 36.0 Å². The average molecular weight is 344 g/mol. The van der Waals surface area contributed by atoms with E-state index in [1.54, 1.807) is 38.1 Å². The first kappa shape index (κ1) is 18.3. The molecule has 7 nitrogen and oxygen atoms in total. The smallest absolute Gasteiger partial charge is 0.355 e. The van der Waals surface area contributed by atoms with Gasteiger partial charge in [-0.1, -0.05) is 18.2 Å². The molecule has 1 aromatic heterocycles. The van der Waals surface area contributed by atoms with Gasteiger partial charge in [-0.15, -0.1) is 0 Å². The van der Waals surface area contributed by atoms with Crippen LogP contribution in [0.15, 0.2) is 30.3 Å². The highest BCUT2D eigenvalue weighted by molar-refractivity contribution is 6.00. The lowest BCUT2D eigenvalue weighted by atomic mass is 10.1. The number of amides is 1. The number of benzene rings is 1. The van der Waals surface area contributed by atoms with Crippen LogP contribution in [0.5, 0.6) is 0 Å². The number of aromatic nitrogens is 1. The molecule has 0 aliphatic carbocycles. The van der Waals surface area contributed by atoms with Gasteiger partial charge in [0.1, 0.15) is 5.69 Å². The Bertz CT molecular complexity index is 795. The molecule has 132 valence electrons. The number of esters is 2. The summed E-state index contributed by atoms with van der Waals surface area (Å²) in [5, 5.41) is 2.66. The van der Waals surface area contributed by atoms with Crippen LogP contribution in [0.4, 0.5) is 5.69 Å². The molecule has 0 bridgehead atoms. The summed E-state index contributed by atoms with van der Waals surface area (Å²) in [6.45, 7) is 4.74. The summed E-state index contributed by atoms with van der Waals surface area (Å²) in [6.07, 6.45) is -1.00. The minimum atomic E-state index is -1.00. The normalized spacial score (nSPS) is 11.5. The van der Waals surface area contributed by atoms with Gasteiger partial charge in [-0.05, 0) is 38.5 Å². The summed E-state index contributed by atoms with van der Waals surface area (Å²) < 4.78 is 9.90. The SMILES string of the molecule is COC(=O)c1c(C)[nH]c(C(=O)OC(C)C(=O)Nc2ccccc2)c1C. The molecule has 2 N–H and O–H groups in total. The Morgan fingerprint density at radius 2 is 1.72 bits per heavy atom. The van der Waals surface area contributed by atoms with Crippen LogP contribution in [-0.2, 0) is 14.3 Å². The third-order valence-electron chi connectivity index (χ3n) is 3.73. The second kappa shape index (κ2) is 7.65. The molecular weight excluding hydrogens is 324 g/mol. The Hall–Kier alpha value is -3.09. The van der Waals surface area contributed by atoms with Crippen molar-refractivity contribution in [1.82, 2.24) is 4.98 Å². The van der Waals surface area contributed by atoms with E-state index >= 15 is 0 Å². The predicted octanol–water partition coefficient (Wildman–Crippen LogP) is 2.60. The summed E-state index contributed by atoms with van der Waals surface area (Å²) in [5.74, 6) is -1.71. The van der Waals surface area contributed by atoms with Gasteiger partial charge >= 0.3 is 11.9 Å². The monoisotopic (exact) mass is 344 g/mol. The Morgan fingerprint density at radius 1 is 1.08 bits per heavy atom. The first-order valence-corrected chi connectivity index (χ1v) is 7.69. The molecule has 0 saturated carbocycles. The third-order valence-corrected chi connectivity index (χ3v) is 3.73. The highest BCUT2D eigenvalue weighted by Gasteiger charge is 2.26. The summed E-state index contributed by atoms with van der Waals surface area (Å²) in [6, 6.07) is 8.85. The van der Waals surface area contributed by atoms with E-state index in [9.17, 15) is 14.4 Å². The Morgan fingerprint density at radius 3 is 2.32 bits per heavy atom. The number of para-hydroxylation sites is 1. The molecular formula is C18H20N2O5. The average Bonchev–Trinajstić information content (AvgIpc) is 2.89. The molecule has 0 fully saturated rings. The highest BCUT2D eigenvalue weighted by atomic mass is 16.5. The third kappa shape index (κ3) is 4.06. The fourth-order valence-electron chi connectivity index (χ4n) is 2.40. The Labute approximate surface area is 145 Å². The van der Waals surface area contributed by atoms with Gasteiger partial charge in [-0.25, -0.2) is 9.59 Å². The van der Waals surface area contributed by atoms with Gasteiger partial charge in [0.25, 0.3) is 5.91 Å². The van der Waals surface area contributed by atoms with Gasteiger partial charge in [0.2, 0.25) is 0 Å². The number of aromatic amines is 1. The lowest BCUT2D eigenvalue weighted by Crippen LogP contribution is -2.30. The van der Waals surface area contributed by atoms with E-state index in [-0.39, 0.29) is 11.3 Å². The van der Waals surface area contributed by atoms with E-state index in [0.29, 0.717) is 16.9 Å². The number of aryl methyl sites for hydroxylation is 1. The number of hydrogen-bond acceptors (Lipinski definition) is 5. The minimum absolute atomic E-state index is 0.122. The first-order chi connectivity index (χ1) is 11.8. The van der Waals surface area contributed by atoms with E-state index in [1.165, 1.54) is 14.0 Å². The van der Waals surface area contributed by atoms with Gasteiger partial charge in [-0.3, -0.25) is 4.79 Å². The van der Waals surface area contributed by atoms with Gasteiger partial charge in [-0.2, -0.15) is 0 Å². The van der Waals surface area contributed by atoms with Crippen molar-refractivity contribution in [2.75, 3.05) is 12.4 Å². The zero-order valence-electron chi connectivity index (χ0n) is 14.5. The van der Waals surface area contributed by atoms with Crippen LogP contribution < -0.4 is 5.32 Å². The van der Waals surface area contributed by atoms with Crippen LogP contribution >= 0.6 is 0 Å². The second-order valence-electron chi connectivity index (χ2n) is 5.52. The number of nitrogens with one attached hydrogen (secondary N) is 2. The van der Waals surface area contributed by atoms with Crippen molar-refractivity contribution in [2.45, 2.75) is 26.9 Å². The molecule has 0 spiro atoms. The maximum absolute atomic E-state index is 12.3. The lowest BCUT2D eigenvalue weighted by molar-refractivity contribution is -0.123.